The Bertz CT molecular complexity index is 2710. The van der Waals surface area contributed by atoms with Gasteiger partial charge in [0.05, 0.1) is 11.0 Å². The monoisotopic (exact) mass is 652 g/mol. The molecule has 0 unspecified atom stereocenters. The molecule has 1 heterocycles. The number of anilines is 3. The topological polar surface area (TPSA) is 8.17 Å². The summed E-state index contributed by atoms with van der Waals surface area (Å²) in [4.78, 5) is 2.31. The third-order valence-corrected chi connectivity index (χ3v) is 10.9. The summed E-state index contributed by atoms with van der Waals surface area (Å²) in [6.45, 7) is 4.77. The Morgan fingerprint density at radius 2 is 1.02 bits per heavy atom. The highest BCUT2D eigenvalue weighted by Crippen LogP contribution is 2.52. The van der Waals surface area contributed by atoms with Crippen molar-refractivity contribution in [3.63, 3.8) is 0 Å². The van der Waals surface area contributed by atoms with Crippen LogP contribution in [-0.2, 0) is 5.41 Å². The normalized spacial score (nSPS) is 13.1. The van der Waals surface area contributed by atoms with Gasteiger partial charge in [-0.05, 0) is 117 Å². The molecule has 0 bridgehead atoms. The molecule has 2 nitrogen and oxygen atoms in total. The van der Waals surface area contributed by atoms with Crippen LogP contribution in [0, 0.1) is 0 Å². The molecule has 0 radical (unpaired) electrons. The maximum atomic E-state index is 2.47. The molecular weight excluding hydrogens is 617 g/mol. The molecule has 2 heteroatoms. The molecule has 0 saturated carbocycles. The van der Waals surface area contributed by atoms with Crippen molar-refractivity contribution in [3.05, 3.63) is 193 Å². The van der Waals surface area contributed by atoms with Gasteiger partial charge in [0.2, 0.25) is 0 Å². The van der Waals surface area contributed by atoms with Crippen molar-refractivity contribution in [3.8, 4) is 27.9 Å². The van der Waals surface area contributed by atoms with Gasteiger partial charge in [-0.15, -0.1) is 0 Å². The van der Waals surface area contributed by atoms with Gasteiger partial charge < -0.3 is 9.47 Å². The van der Waals surface area contributed by atoms with E-state index < -0.39 is 0 Å². The fourth-order valence-corrected chi connectivity index (χ4v) is 8.37. The van der Waals surface area contributed by atoms with E-state index in [4.69, 9.17) is 0 Å². The lowest BCUT2D eigenvalue weighted by atomic mass is 9.81. The van der Waals surface area contributed by atoms with Gasteiger partial charge in [0.15, 0.2) is 0 Å². The fraction of sp³-hybridized carbons (Fsp3) is 0.0612. The van der Waals surface area contributed by atoms with Crippen LogP contribution in [0.5, 0.6) is 0 Å². The number of hydrogen-bond donors (Lipinski definition) is 0. The zero-order valence-electron chi connectivity index (χ0n) is 28.7. The van der Waals surface area contributed by atoms with Crippen molar-refractivity contribution in [1.29, 1.82) is 0 Å². The van der Waals surface area contributed by atoms with Gasteiger partial charge in [-0.1, -0.05) is 123 Å². The first-order chi connectivity index (χ1) is 25.0. The van der Waals surface area contributed by atoms with Crippen LogP contribution < -0.4 is 4.90 Å². The van der Waals surface area contributed by atoms with Gasteiger partial charge >= 0.3 is 0 Å². The molecule has 8 aromatic carbocycles. The smallest absolute Gasteiger partial charge is 0.0547 e. The molecule has 1 aliphatic rings. The first-order valence-corrected chi connectivity index (χ1v) is 17.8. The fourth-order valence-electron chi connectivity index (χ4n) is 8.37. The standard InChI is InChI=1S/C49H36N2/c1-49(2)45-30-36(34-21-25-39(26-22-34)50(37-15-5-3-6-16-37)38-17-7-4-8-18-38)24-28-41(45)43-32-48-44(31-46(43)49)42-19-11-12-20-47(42)51(48)40-27-23-33-13-9-10-14-35(33)29-40/h3-32H,1-2H3. The molecule has 0 saturated heterocycles. The SMILES string of the molecule is CC1(C)c2cc(-c3ccc(N(c4ccccc4)c4ccccc4)cc3)ccc2-c2cc3c(cc21)c1ccccc1n3-c1ccc2ccccc2c1. The Morgan fingerprint density at radius 3 is 1.76 bits per heavy atom. The minimum atomic E-state index is -0.140. The minimum absolute atomic E-state index is 0.140. The summed E-state index contributed by atoms with van der Waals surface area (Å²) in [5.74, 6) is 0. The second kappa shape index (κ2) is 11.3. The lowest BCUT2D eigenvalue weighted by Crippen LogP contribution is -2.15. The van der Waals surface area contributed by atoms with Crippen LogP contribution >= 0.6 is 0 Å². The van der Waals surface area contributed by atoms with Crippen LogP contribution in [0.15, 0.2) is 182 Å². The zero-order chi connectivity index (χ0) is 34.1. The van der Waals surface area contributed by atoms with Crippen molar-refractivity contribution in [1.82, 2.24) is 4.57 Å². The van der Waals surface area contributed by atoms with Crippen LogP contribution in [0.25, 0.3) is 60.5 Å². The number of fused-ring (bicyclic) bond motifs is 7. The number of nitrogens with zero attached hydrogens (tertiary/aromatic N) is 2. The Morgan fingerprint density at radius 1 is 0.412 bits per heavy atom. The highest BCUT2D eigenvalue weighted by atomic mass is 15.1. The molecule has 1 aliphatic carbocycles. The first-order valence-electron chi connectivity index (χ1n) is 17.8. The van der Waals surface area contributed by atoms with Crippen LogP contribution in [0.2, 0.25) is 0 Å². The summed E-state index contributed by atoms with van der Waals surface area (Å²) in [5.41, 5.74) is 14.8. The van der Waals surface area contributed by atoms with Crippen molar-refractivity contribution in [2.45, 2.75) is 19.3 Å². The number of rotatable bonds is 5. The largest absolute Gasteiger partial charge is 0.311 e. The van der Waals surface area contributed by atoms with Crippen LogP contribution in [0.4, 0.5) is 17.1 Å². The molecule has 10 rings (SSSR count). The maximum absolute atomic E-state index is 2.47. The van der Waals surface area contributed by atoms with Crippen molar-refractivity contribution in [2.75, 3.05) is 4.90 Å². The molecule has 0 atom stereocenters. The third kappa shape index (κ3) is 4.64. The summed E-state index contributed by atoms with van der Waals surface area (Å²) in [7, 11) is 0. The number of para-hydroxylation sites is 3. The van der Waals surface area contributed by atoms with E-state index in [1.165, 1.54) is 71.6 Å². The van der Waals surface area contributed by atoms with Gasteiger partial charge in [0.1, 0.15) is 0 Å². The van der Waals surface area contributed by atoms with E-state index in [0.717, 1.165) is 17.1 Å². The highest BCUT2D eigenvalue weighted by Gasteiger charge is 2.36. The number of aromatic nitrogens is 1. The van der Waals surface area contributed by atoms with E-state index in [0.29, 0.717) is 0 Å². The molecular formula is C49H36N2. The summed E-state index contributed by atoms with van der Waals surface area (Å²) >= 11 is 0. The van der Waals surface area contributed by atoms with E-state index >= 15 is 0 Å². The molecule has 0 N–H and O–H groups in total. The summed E-state index contributed by atoms with van der Waals surface area (Å²) in [5, 5.41) is 5.10. The third-order valence-electron chi connectivity index (χ3n) is 10.9. The van der Waals surface area contributed by atoms with E-state index in [1.54, 1.807) is 0 Å². The molecule has 1 aromatic heterocycles. The minimum Gasteiger partial charge on any atom is -0.311 e. The predicted octanol–water partition coefficient (Wildman–Crippen LogP) is 13.4. The number of benzene rings is 8. The van der Waals surface area contributed by atoms with E-state index in [-0.39, 0.29) is 5.41 Å². The quantitative estimate of drug-likeness (QED) is 0.180. The Hall–Kier alpha value is -6.38. The molecule has 0 spiro atoms. The van der Waals surface area contributed by atoms with Crippen molar-refractivity contribution >= 4 is 49.6 Å². The molecule has 242 valence electrons. The van der Waals surface area contributed by atoms with E-state index in [2.05, 4.69) is 205 Å². The first kappa shape index (κ1) is 29.5. The molecule has 0 amide bonds. The van der Waals surface area contributed by atoms with Crippen molar-refractivity contribution < 1.29 is 0 Å². The van der Waals surface area contributed by atoms with Gasteiger partial charge in [-0.25, -0.2) is 0 Å². The van der Waals surface area contributed by atoms with Gasteiger partial charge in [-0.2, -0.15) is 0 Å². The van der Waals surface area contributed by atoms with Crippen molar-refractivity contribution in [2.24, 2.45) is 0 Å². The van der Waals surface area contributed by atoms with E-state index in [9.17, 15) is 0 Å². The summed E-state index contributed by atoms with van der Waals surface area (Å²) in [6.07, 6.45) is 0. The molecule has 9 aromatic rings. The average Bonchev–Trinajstić information content (AvgIpc) is 3.62. The van der Waals surface area contributed by atoms with Crippen LogP contribution in [0.1, 0.15) is 25.0 Å². The highest BCUT2D eigenvalue weighted by molar-refractivity contribution is 6.11. The Kier molecular flexibility index (Phi) is 6.56. The second-order valence-corrected chi connectivity index (χ2v) is 14.2. The maximum Gasteiger partial charge on any atom is 0.0547 e. The summed E-state index contributed by atoms with van der Waals surface area (Å²) in [6, 6.07) is 66.5. The second-order valence-electron chi connectivity index (χ2n) is 14.2. The number of hydrogen-bond acceptors (Lipinski definition) is 1. The molecule has 0 fully saturated rings. The lowest BCUT2D eigenvalue weighted by Gasteiger charge is -2.25. The molecule has 51 heavy (non-hydrogen) atoms. The molecule has 0 aliphatic heterocycles. The Labute approximate surface area is 298 Å². The summed E-state index contributed by atoms with van der Waals surface area (Å²) < 4.78 is 2.45. The van der Waals surface area contributed by atoms with Gasteiger partial charge in [0.25, 0.3) is 0 Å². The predicted molar refractivity (Wildman–Crippen MR) is 216 cm³/mol. The van der Waals surface area contributed by atoms with Gasteiger partial charge in [-0.3, -0.25) is 0 Å². The Balaban J connectivity index is 1.08. The zero-order valence-corrected chi connectivity index (χ0v) is 28.7. The lowest BCUT2D eigenvalue weighted by molar-refractivity contribution is 0.661. The van der Waals surface area contributed by atoms with Gasteiger partial charge in [0, 0.05) is 38.9 Å². The average molecular weight is 653 g/mol. The van der Waals surface area contributed by atoms with E-state index in [1.807, 2.05) is 0 Å². The van der Waals surface area contributed by atoms with Crippen LogP contribution in [0.3, 0.4) is 0 Å². The van der Waals surface area contributed by atoms with Crippen LogP contribution in [-0.4, -0.2) is 4.57 Å².